The van der Waals surface area contributed by atoms with Crippen LogP contribution in [0, 0.1) is 6.92 Å². The molecule has 1 aliphatic rings. The third kappa shape index (κ3) is 4.22. The first-order valence-corrected chi connectivity index (χ1v) is 11.6. The third-order valence-corrected chi connectivity index (χ3v) is 6.56. The molecule has 0 radical (unpaired) electrons. The maximum absolute atomic E-state index is 12.1. The molecule has 3 aromatic heterocycles. The number of anilines is 1. The number of hydrogen-bond acceptors (Lipinski definition) is 5. The van der Waals surface area contributed by atoms with Crippen LogP contribution in [0.4, 0.5) is 5.82 Å². The molecule has 5 rings (SSSR count). The summed E-state index contributed by atoms with van der Waals surface area (Å²) in [6, 6.07) is 12.0. The monoisotopic (exact) mass is 472 g/mol. The van der Waals surface area contributed by atoms with E-state index in [1.54, 1.807) is 12.3 Å². The summed E-state index contributed by atoms with van der Waals surface area (Å²) < 4.78 is 5.49. The van der Waals surface area contributed by atoms with Gasteiger partial charge in [0.1, 0.15) is 11.5 Å². The third-order valence-electron chi connectivity index (χ3n) is 6.24. The first kappa shape index (κ1) is 22.3. The van der Waals surface area contributed by atoms with E-state index in [1.807, 2.05) is 25.3 Å². The van der Waals surface area contributed by atoms with E-state index in [0.717, 1.165) is 57.8 Å². The highest BCUT2D eigenvalue weighted by Gasteiger charge is 2.21. The van der Waals surface area contributed by atoms with Gasteiger partial charge < -0.3 is 14.6 Å². The van der Waals surface area contributed by atoms with Gasteiger partial charge >= 0.3 is 0 Å². The minimum absolute atomic E-state index is 0.0108. The van der Waals surface area contributed by atoms with Crippen molar-refractivity contribution in [3.63, 3.8) is 0 Å². The number of ketones is 1. The number of hydrogen-bond donors (Lipinski definition) is 1. The van der Waals surface area contributed by atoms with E-state index in [4.69, 9.17) is 16.3 Å². The normalized spacial score (nSPS) is 13.9. The van der Waals surface area contributed by atoms with Crippen LogP contribution in [0.3, 0.4) is 0 Å². The number of morpholine rings is 1. The summed E-state index contributed by atoms with van der Waals surface area (Å²) in [5.41, 5.74) is 6.57. The Morgan fingerprint density at radius 3 is 2.74 bits per heavy atom. The molecular formula is C27H25ClN4O2. The molecule has 4 heterocycles. The highest BCUT2D eigenvalue weighted by Crippen LogP contribution is 2.41. The summed E-state index contributed by atoms with van der Waals surface area (Å²) in [5, 5.41) is 1.48. The van der Waals surface area contributed by atoms with Crippen LogP contribution < -0.4 is 4.90 Å². The smallest absolute Gasteiger partial charge is 0.159 e. The molecule has 0 amide bonds. The van der Waals surface area contributed by atoms with Gasteiger partial charge in [0.05, 0.1) is 23.9 Å². The fourth-order valence-corrected chi connectivity index (χ4v) is 4.64. The molecular weight excluding hydrogens is 448 g/mol. The van der Waals surface area contributed by atoms with Crippen molar-refractivity contribution in [2.24, 2.45) is 0 Å². The van der Waals surface area contributed by atoms with Gasteiger partial charge in [-0.05, 0) is 47.9 Å². The molecule has 0 saturated carbocycles. The van der Waals surface area contributed by atoms with Crippen LogP contribution in [-0.4, -0.2) is 47.0 Å². The largest absolute Gasteiger partial charge is 0.378 e. The van der Waals surface area contributed by atoms with E-state index in [9.17, 15) is 4.79 Å². The van der Waals surface area contributed by atoms with Crippen molar-refractivity contribution in [1.29, 1.82) is 0 Å². The lowest BCUT2D eigenvalue weighted by Crippen LogP contribution is -2.36. The zero-order chi connectivity index (χ0) is 23.7. The number of aromatic nitrogens is 3. The number of ether oxygens (including phenoxy) is 1. The average molecular weight is 473 g/mol. The van der Waals surface area contributed by atoms with Crippen LogP contribution >= 0.6 is 11.6 Å². The molecule has 172 valence electrons. The molecule has 0 aliphatic carbocycles. The summed E-state index contributed by atoms with van der Waals surface area (Å²) in [7, 11) is 0. The lowest BCUT2D eigenvalue weighted by atomic mass is 9.94. The number of H-pyrrole nitrogens is 1. The minimum atomic E-state index is -0.0108. The summed E-state index contributed by atoms with van der Waals surface area (Å²) in [6.07, 6.45) is 5.20. The first-order valence-electron chi connectivity index (χ1n) is 11.3. The standard InChI is InChI=1S/C27H25ClN4O2/c1-3-21(33)15-20-14-18(5-4-17(20)2)24-25-22(28)7-9-30-27(25)31-26(24)19-6-8-29-23(16-19)32-10-12-34-13-11-32/h3-9,14,16H,1,10-13,15H2,2H3,(H,30,31). The predicted molar refractivity (Wildman–Crippen MR) is 136 cm³/mol. The Hall–Kier alpha value is -3.48. The molecule has 1 aromatic carbocycles. The topological polar surface area (TPSA) is 71.1 Å². The molecule has 6 nitrogen and oxygen atoms in total. The molecule has 0 bridgehead atoms. The van der Waals surface area contributed by atoms with Crippen molar-refractivity contribution in [3.05, 3.63) is 77.6 Å². The molecule has 34 heavy (non-hydrogen) atoms. The summed E-state index contributed by atoms with van der Waals surface area (Å²) >= 11 is 6.68. The highest BCUT2D eigenvalue weighted by atomic mass is 35.5. The van der Waals surface area contributed by atoms with Crippen LogP contribution in [0.25, 0.3) is 33.4 Å². The van der Waals surface area contributed by atoms with Gasteiger partial charge in [0, 0.05) is 48.4 Å². The number of carbonyl (C=O) groups is 1. The van der Waals surface area contributed by atoms with E-state index in [2.05, 4.69) is 44.6 Å². The average Bonchev–Trinajstić information content (AvgIpc) is 3.27. The molecule has 0 spiro atoms. The number of rotatable bonds is 6. The van der Waals surface area contributed by atoms with Gasteiger partial charge in [0.15, 0.2) is 5.78 Å². The number of nitrogens with zero attached hydrogens (tertiary/aromatic N) is 3. The lowest BCUT2D eigenvalue weighted by Gasteiger charge is -2.28. The number of aryl methyl sites for hydroxylation is 1. The maximum Gasteiger partial charge on any atom is 0.159 e. The molecule has 1 saturated heterocycles. The van der Waals surface area contributed by atoms with Crippen LogP contribution in [-0.2, 0) is 16.0 Å². The number of pyridine rings is 2. The lowest BCUT2D eigenvalue weighted by molar-refractivity contribution is -0.114. The van der Waals surface area contributed by atoms with Crippen molar-refractivity contribution in [1.82, 2.24) is 15.0 Å². The Morgan fingerprint density at radius 1 is 1.15 bits per heavy atom. The van der Waals surface area contributed by atoms with Crippen molar-refractivity contribution in [2.75, 3.05) is 31.2 Å². The fraction of sp³-hybridized carbons (Fsp3) is 0.222. The number of aromatic amines is 1. The van der Waals surface area contributed by atoms with Crippen LogP contribution in [0.5, 0.6) is 0 Å². The van der Waals surface area contributed by atoms with Crippen LogP contribution in [0.15, 0.2) is 61.4 Å². The summed E-state index contributed by atoms with van der Waals surface area (Å²) in [4.78, 5) is 26.9. The molecule has 4 aromatic rings. The predicted octanol–water partition coefficient (Wildman–Crippen LogP) is 5.39. The van der Waals surface area contributed by atoms with E-state index < -0.39 is 0 Å². The van der Waals surface area contributed by atoms with E-state index in [0.29, 0.717) is 30.3 Å². The van der Waals surface area contributed by atoms with Gasteiger partial charge in [-0.15, -0.1) is 0 Å². The second kappa shape index (κ2) is 9.41. The van der Waals surface area contributed by atoms with Crippen molar-refractivity contribution in [3.8, 4) is 22.4 Å². The quantitative estimate of drug-likeness (QED) is 0.381. The Morgan fingerprint density at radius 2 is 1.94 bits per heavy atom. The Bertz CT molecular complexity index is 1390. The second-order valence-corrected chi connectivity index (χ2v) is 8.79. The number of allylic oxidation sites excluding steroid dienone is 1. The van der Waals surface area contributed by atoms with E-state index >= 15 is 0 Å². The van der Waals surface area contributed by atoms with E-state index in [-0.39, 0.29) is 5.78 Å². The summed E-state index contributed by atoms with van der Waals surface area (Å²) in [6.45, 7) is 8.63. The highest BCUT2D eigenvalue weighted by molar-refractivity contribution is 6.36. The van der Waals surface area contributed by atoms with Crippen molar-refractivity contribution in [2.45, 2.75) is 13.3 Å². The zero-order valence-corrected chi connectivity index (χ0v) is 19.7. The van der Waals surface area contributed by atoms with Gasteiger partial charge in [-0.3, -0.25) is 4.79 Å². The maximum atomic E-state index is 12.1. The first-order chi connectivity index (χ1) is 16.5. The molecule has 0 unspecified atom stereocenters. The SMILES string of the molecule is C=CC(=O)Cc1cc(-c2c(-c3ccnc(N4CCOCC4)c3)[nH]c3nccc(Cl)c23)ccc1C. The van der Waals surface area contributed by atoms with Crippen molar-refractivity contribution < 1.29 is 9.53 Å². The molecule has 1 N–H and O–H groups in total. The fourth-order valence-electron chi connectivity index (χ4n) is 4.40. The second-order valence-electron chi connectivity index (χ2n) is 8.38. The number of carbonyl (C=O) groups excluding carboxylic acids is 1. The Labute approximate surface area is 203 Å². The molecule has 1 aliphatic heterocycles. The van der Waals surface area contributed by atoms with Crippen molar-refractivity contribution >= 4 is 34.2 Å². The Balaban J connectivity index is 1.69. The number of halogens is 1. The van der Waals surface area contributed by atoms with Gasteiger partial charge in [-0.2, -0.15) is 0 Å². The molecule has 1 fully saturated rings. The number of nitrogens with one attached hydrogen (secondary N) is 1. The van der Waals surface area contributed by atoms with Gasteiger partial charge in [-0.25, -0.2) is 9.97 Å². The number of benzene rings is 1. The van der Waals surface area contributed by atoms with Crippen LogP contribution in [0.2, 0.25) is 5.02 Å². The van der Waals surface area contributed by atoms with Gasteiger partial charge in [-0.1, -0.05) is 36.4 Å². The molecule has 0 atom stereocenters. The Kier molecular flexibility index (Phi) is 6.18. The van der Waals surface area contributed by atoms with Crippen LogP contribution in [0.1, 0.15) is 11.1 Å². The van der Waals surface area contributed by atoms with Gasteiger partial charge in [0.25, 0.3) is 0 Å². The van der Waals surface area contributed by atoms with E-state index in [1.165, 1.54) is 6.08 Å². The zero-order valence-electron chi connectivity index (χ0n) is 19.0. The summed E-state index contributed by atoms with van der Waals surface area (Å²) in [5.74, 6) is 0.897. The molecule has 7 heteroatoms. The number of fused-ring (bicyclic) bond motifs is 1. The van der Waals surface area contributed by atoms with Gasteiger partial charge in [0.2, 0.25) is 0 Å². The minimum Gasteiger partial charge on any atom is -0.378 e.